The number of thioether (sulfide) groups is 1. The number of nitrogens with zero attached hydrogens (tertiary/aromatic N) is 1. The van der Waals surface area contributed by atoms with Crippen molar-refractivity contribution in [3.05, 3.63) is 76.3 Å². The number of fused-ring (bicyclic) bond motifs is 1. The molecule has 1 aliphatic rings. The topological polar surface area (TPSA) is 78.7 Å². The van der Waals surface area contributed by atoms with Crippen molar-refractivity contribution in [3.8, 4) is 5.75 Å². The van der Waals surface area contributed by atoms with Gasteiger partial charge >= 0.3 is 5.97 Å². The van der Waals surface area contributed by atoms with Gasteiger partial charge in [-0.05, 0) is 47.9 Å². The SMILES string of the molecule is O=C(Oc1ccc2ccccc2c1)c1ccc(SC[C@H]2CCCO2)c([N+](=O)[O-])c1. The predicted octanol–water partition coefficient (Wildman–Crippen LogP) is 5.24. The molecule has 0 amide bonds. The Labute approximate surface area is 172 Å². The van der Waals surface area contributed by atoms with E-state index in [0.717, 1.165) is 30.2 Å². The summed E-state index contributed by atoms with van der Waals surface area (Å²) in [5.41, 5.74) is 0.0484. The molecule has 7 heteroatoms. The molecule has 0 aliphatic carbocycles. The van der Waals surface area contributed by atoms with Gasteiger partial charge in [-0.15, -0.1) is 11.8 Å². The molecule has 1 fully saturated rings. The number of benzene rings is 3. The fourth-order valence-corrected chi connectivity index (χ4v) is 4.34. The van der Waals surface area contributed by atoms with Crippen molar-refractivity contribution in [1.82, 2.24) is 0 Å². The van der Waals surface area contributed by atoms with Crippen molar-refractivity contribution >= 4 is 34.2 Å². The van der Waals surface area contributed by atoms with E-state index in [1.807, 2.05) is 30.3 Å². The minimum Gasteiger partial charge on any atom is -0.423 e. The van der Waals surface area contributed by atoms with Crippen LogP contribution in [0.5, 0.6) is 5.75 Å². The molecule has 29 heavy (non-hydrogen) atoms. The van der Waals surface area contributed by atoms with Crippen LogP contribution in [0.15, 0.2) is 65.6 Å². The van der Waals surface area contributed by atoms with E-state index in [4.69, 9.17) is 9.47 Å². The number of esters is 1. The Hall–Kier alpha value is -2.90. The summed E-state index contributed by atoms with van der Waals surface area (Å²) in [4.78, 5) is 24.1. The molecule has 0 saturated carbocycles. The van der Waals surface area contributed by atoms with Gasteiger partial charge in [-0.25, -0.2) is 4.79 Å². The van der Waals surface area contributed by atoms with E-state index in [1.54, 1.807) is 24.3 Å². The van der Waals surface area contributed by atoms with Gasteiger partial charge in [0, 0.05) is 18.4 Å². The Balaban J connectivity index is 1.51. The third kappa shape index (κ3) is 4.58. The zero-order chi connectivity index (χ0) is 20.2. The summed E-state index contributed by atoms with van der Waals surface area (Å²) in [7, 11) is 0. The van der Waals surface area contributed by atoms with Crippen molar-refractivity contribution in [1.29, 1.82) is 0 Å². The van der Waals surface area contributed by atoms with Crippen LogP contribution < -0.4 is 4.74 Å². The van der Waals surface area contributed by atoms with Crippen molar-refractivity contribution in [2.45, 2.75) is 23.8 Å². The normalized spacial score (nSPS) is 16.1. The standard InChI is InChI=1S/C22H19NO5S/c24-22(28-18-9-7-15-4-1-2-5-16(15)12-18)17-8-10-21(20(13-17)23(25)26)29-14-19-6-3-11-27-19/h1-2,4-5,7-10,12-13,19H,3,6,11,14H2/t19-/m1/s1. The molecule has 1 heterocycles. The smallest absolute Gasteiger partial charge is 0.343 e. The first-order valence-corrected chi connectivity index (χ1v) is 10.3. The number of rotatable bonds is 6. The summed E-state index contributed by atoms with van der Waals surface area (Å²) < 4.78 is 11.0. The van der Waals surface area contributed by atoms with Crippen LogP contribution in [0.1, 0.15) is 23.2 Å². The second-order valence-corrected chi connectivity index (χ2v) is 7.85. The first-order chi connectivity index (χ1) is 14.1. The van der Waals surface area contributed by atoms with E-state index < -0.39 is 10.9 Å². The first-order valence-electron chi connectivity index (χ1n) is 9.34. The maximum absolute atomic E-state index is 12.5. The van der Waals surface area contributed by atoms with Gasteiger partial charge in [0.25, 0.3) is 5.69 Å². The summed E-state index contributed by atoms with van der Waals surface area (Å²) in [6.45, 7) is 0.743. The molecule has 3 aromatic carbocycles. The highest BCUT2D eigenvalue weighted by Crippen LogP contribution is 2.32. The van der Waals surface area contributed by atoms with Gasteiger partial charge in [-0.1, -0.05) is 30.3 Å². The van der Waals surface area contributed by atoms with E-state index >= 15 is 0 Å². The number of ether oxygens (including phenoxy) is 2. The van der Waals surface area contributed by atoms with Crippen LogP contribution in [-0.4, -0.2) is 29.4 Å². The average molecular weight is 409 g/mol. The van der Waals surface area contributed by atoms with Crippen LogP contribution in [-0.2, 0) is 4.74 Å². The first kappa shape index (κ1) is 19.4. The van der Waals surface area contributed by atoms with Crippen LogP contribution in [0.4, 0.5) is 5.69 Å². The molecule has 148 valence electrons. The van der Waals surface area contributed by atoms with Gasteiger partial charge in [-0.3, -0.25) is 10.1 Å². The highest BCUT2D eigenvalue weighted by atomic mass is 32.2. The second-order valence-electron chi connectivity index (χ2n) is 6.78. The molecule has 0 unspecified atom stereocenters. The minimum atomic E-state index is -0.626. The van der Waals surface area contributed by atoms with Gasteiger partial charge < -0.3 is 9.47 Å². The molecule has 0 bridgehead atoms. The van der Waals surface area contributed by atoms with Crippen molar-refractivity contribution in [3.63, 3.8) is 0 Å². The van der Waals surface area contributed by atoms with Crippen LogP contribution >= 0.6 is 11.8 Å². The molecule has 6 nitrogen and oxygen atoms in total. The fourth-order valence-electron chi connectivity index (χ4n) is 3.26. The molecular formula is C22H19NO5S. The van der Waals surface area contributed by atoms with Gasteiger partial charge in [0.1, 0.15) is 5.75 Å². The number of carbonyl (C=O) groups excluding carboxylic acids is 1. The Morgan fingerprint density at radius 1 is 1.14 bits per heavy atom. The summed E-state index contributed by atoms with van der Waals surface area (Å²) in [5, 5.41) is 13.5. The lowest BCUT2D eigenvalue weighted by Gasteiger charge is -2.10. The fraction of sp³-hybridized carbons (Fsp3) is 0.227. The minimum absolute atomic E-state index is 0.0963. The highest BCUT2D eigenvalue weighted by Gasteiger charge is 2.22. The lowest BCUT2D eigenvalue weighted by Crippen LogP contribution is -2.10. The number of hydrogen-bond acceptors (Lipinski definition) is 6. The molecule has 0 aromatic heterocycles. The Morgan fingerprint density at radius 3 is 2.72 bits per heavy atom. The lowest BCUT2D eigenvalue weighted by atomic mass is 10.1. The molecule has 0 N–H and O–H groups in total. The molecule has 4 rings (SSSR count). The maximum atomic E-state index is 12.5. The Morgan fingerprint density at radius 2 is 1.97 bits per heavy atom. The van der Waals surface area contributed by atoms with Gasteiger partial charge in [0.2, 0.25) is 0 Å². The lowest BCUT2D eigenvalue weighted by molar-refractivity contribution is -0.387. The monoisotopic (exact) mass is 409 g/mol. The molecule has 3 aromatic rings. The predicted molar refractivity (Wildman–Crippen MR) is 112 cm³/mol. The summed E-state index contributed by atoms with van der Waals surface area (Å²) >= 11 is 1.38. The third-order valence-electron chi connectivity index (χ3n) is 4.77. The molecule has 1 aliphatic heterocycles. The summed E-state index contributed by atoms with van der Waals surface area (Å²) in [5.74, 6) is 0.425. The molecule has 1 saturated heterocycles. The number of hydrogen-bond donors (Lipinski definition) is 0. The quantitative estimate of drug-likeness (QED) is 0.182. The summed E-state index contributed by atoms with van der Waals surface area (Å²) in [6, 6.07) is 17.5. The van der Waals surface area contributed by atoms with Crippen LogP contribution in [0.3, 0.4) is 0 Å². The van der Waals surface area contributed by atoms with Crippen molar-refractivity contribution in [2.75, 3.05) is 12.4 Å². The summed E-state index contributed by atoms with van der Waals surface area (Å²) in [6.07, 6.45) is 2.11. The number of nitro groups is 1. The zero-order valence-electron chi connectivity index (χ0n) is 15.6. The number of carbonyl (C=O) groups is 1. The molecule has 0 radical (unpaired) electrons. The van der Waals surface area contributed by atoms with Crippen molar-refractivity contribution < 1.29 is 19.2 Å². The second kappa shape index (κ2) is 8.63. The van der Waals surface area contributed by atoms with E-state index in [9.17, 15) is 14.9 Å². The van der Waals surface area contributed by atoms with Crippen LogP contribution in [0, 0.1) is 10.1 Å². The molecular weight excluding hydrogens is 390 g/mol. The molecule has 1 atom stereocenters. The van der Waals surface area contributed by atoms with Gasteiger partial charge in [0.15, 0.2) is 0 Å². The Kier molecular flexibility index (Phi) is 5.78. The van der Waals surface area contributed by atoms with Crippen molar-refractivity contribution in [2.24, 2.45) is 0 Å². The zero-order valence-corrected chi connectivity index (χ0v) is 16.4. The van der Waals surface area contributed by atoms with E-state index in [1.165, 1.54) is 17.8 Å². The van der Waals surface area contributed by atoms with E-state index in [2.05, 4.69) is 0 Å². The van der Waals surface area contributed by atoms with Crippen LogP contribution in [0.25, 0.3) is 10.8 Å². The number of nitro benzene ring substituents is 1. The third-order valence-corrected chi connectivity index (χ3v) is 5.97. The van der Waals surface area contributed by atoms with E-state index in [-0.39, 0.29) is 17.4 Å². The van der Waals surface area contributed by atoms with Gasteiger partial charge in [0.05, 0.1) is 21.5 Å². The average Bonchev–Trinajstić information content (AvgIpc) is 3.25. The molecule has 0 spiro atoms. The van der Waals surface area contributed by atoms with Crippen LogP contribution in [0.2, 0.25) is 0 Å². The maximum Gasteiger partial charge on any atom is 0.343 e. The largest absolute Gasteiger partial charge is 0.423 e. The van der Waals surface area contributed by atoms with E-state index in [0.29, 0.717) is 16.4 Å². The Bertz CT molecular complexity index is 1060. The highest BCUT2D eigenvalue weighted by molar-refractivity contribution is 7.99. The van der Waals surface area contributed by atoms with Gasteiger partial charge in [-0.2, -0.15) is 0 Å².